The summed E-state index contributed by atoms with van der Waals surface area (Å²) >= 11 is 0. The normalized spacial score (nSPS) is 20.4. The lowest BCUT2D eigenvalue weighted by Crippen LogP contribution is -2.35. The monoisotopic (exact) mass is 587 g/mol. The van der Waals surface area contributed by atoms with Gasteiger partial charge in [-0.15, -0.1) is 0 Å². The van der Waals surface area contributed by atoms with Gasteiger partial charge in [-0.1, -0.05) is 31.2 Å². The molecule has 0 saturated carbocycles. The standard InChI is InChI=1S/C31H32F3NO5S/c1-19-13-14-35(17-19)20(2)18-39-25-10-7-22(8-11-25)30-29(21(3)27-16-24(36)9-12-28(27)40-30)23-5-4-6-26(15-23)41(37,38)31(32,33)34/h4-12,15-16,19-20,30,36H,13-14,17-18H2,1-3H3. The van der Waals surface area contributed by atoms with Crippen molar-refractivity contribution < 1.29 is 36.2 Å². The molecule has 0 radical (unpaired) electrons. The van der Waals surface area contributed by atoms with Crippen molar-refractivity contribution in [3.05, 3.63) is 83.4 Å². The lowest BCUT2D eigenvalue weighted by Gasteiger charge is -2.31. The van der Waals surface area contributed by atoms with E-state index in [1.165, 1.54) is 24.6 Å². The number of rotatable bonds is 7. The van der Waals surface area contributed by atoms with E-state index in [1.54, 1.807) is 19.1 Å². The summed E-state index contributed by atoms with van der Waals surface area (Å²) < 4.78 is 76.8. The molecule has 6 nitrogen and oxygen atoms in total. The van der Waals surface area contributed by atoms with E-state index in [4.69, 9.17) is 9.47 Å². The molecule has 2 heterocycles. The highest BCUT2D eigenvalue weighted by atomic mass is 32.2. The summed E-state index contributed by atoms with van der Waals surface area (Å²) in [6.45, 7) is 8.81. The summed E-state index contributed by atoms with van der Waals surface area (Å²) in [4.78, 5) is 1.56. The number of aromatic hydroxyl groups is 1. The highest BCUT2D eigenvalue weighted by Gasteiger charge is 2.47. The topological polar surface area (TPSA) is 76.1 Å². The Kier molecular flexibility index (Phi) is 7.82. The fourth-order valence-electron chi connectivity index (χ4n) is 5.44. The second kappa shape index (κ2) is 11.1. The molecule has 10 heteroatoms. The zero-order valence-corrected chi connectivity index (χ0v) is 23.8. The molecule has 3 atom stereocenters. The minimum absolute atomic E-state index is 0.00276. The molecule has 0 bridgehead atoms. The molecule has 1 fully saturated rings. The predicted molar refractivity (Wildman–Crippen MR) is 150 cm³/mol. The van der Waals surface area contributed by atoms with Crippen molar-refractivity contribution in [3.63, 3.8) is 0 Å². The van der Waals surface area contributed by atoms with Crippen LogP contribution in [0.25, 0.3) is 11.1 Å². The first-order valence-electron chi connectivity index (χ1n) is 13.4. The molecule has 3 unspecified atom stereocenters. The van der Waals surface area contributed by atoms with Crippen molar-refractivity contribution in [2.24, 2.45) is 5.92 Å². The van der Waals surface area contributed by atoms with Crippen molar-refractivity contribution in [1.29, 1.82) is 0 Å². The Bertz CT molecular complexity index is 1570. The summed E-state index contributed by atoms with van der Waals surface area (Å²) in [5.41, 5.74) is -2.77. The molecule has 0 spiro atoms. The molecule has 0 amide bonds. The minimum Gasteiger partial charge on any atom is -0.508 e. The van der Waals surface area contributed by atoms with Gasteiger partial charge in [0.1, 0.15) is 30.0 Å². The summed E-state index contributed by atoms with van der Waals surface area (Å²) in [7, 11) is -5.56. The quantitative estimate of drug-likeness (QED) is 0.326. The van der Waals surface area contributed by atoms with E-state index in [9.17, 15) is 26.7 Å². The lowest BCUT2D eigenvalue weighted by molar-refractivity contribution is -0.0436. The van der Waals surface area contributed by atoms with Crippen LogP contribution in [0.4, 0.5) is 13.2 Å². The molecule has 0 aliphatic carbocycles. The van der Waals surface area contributed by atoms with Gasteiger partial charge in [0, 0.05) is 23.7 Å². The van der Waals surface area contributed by atoms with E-state index in [1.807, 2.05) is 24.3 Å². The first-order chi connectivity index (χ1) is 19.3. The number of ether oxygens (including phenoxy) is 2. The Balaban J connectivity index is 1.48. The molecule has 41 heavy (non-hydrogen) atoms. The lowest BCUT2D eigenvalue weighted by atomic mass is 9.86. The van der Waals surface area contributed by atoms with Crippen LogP contribution in [-0.2, 0) is 9.84 Å². The van der Waals surface area contributed by atoms with Gasteiger partial charge in [0.15, 0.2) is 0 Å². The number of likely N-dealkylation sites (tertiary alicyclic amines) is 1. The molecule has 5 rings (SSSR count). The molecule has 3 aromatic carbocycles. The van der Waals surface area contributed by atoms with Gasteiger partial charge in [-0.25, -0.2) is 8.42 Å². The van der Waals surface area contributed by atoms with Gasteiger partial charge < -0.3 is 14.6 Å². The molecule has 2 aliphatic rings. The second-order valence-electron chi connectivity index (χ2n) is 10.8. The van der Waals surface area contributed by atoms with E-state index < -0.39 is 26.3 Å². The number of fused-ring (bicyclic) bond motifs is 1. The summed E-state index contributed by atoms with van der Waals surface area (Å²) in [5, 5.41) is 10.1. The van der Waals surface area contributed by atoms with Gasteiger partial charge in [-0.05, 0) is 91.9 Å². The zero-order valence-electron chi connectivity index (χ0n) is 23.0. The van der Waals surface area contributed by atoms with E-state index in [0.29, 0.717) is 46.3 Å². The van der Waals surface area contributed by atoms with Crippen LogP contribution in [0.5, 0.6) is 17.2 Å². The third kappa shape index (κ3) is 5.81. The van der Waals surface area contributed by atoms with Gasteiger partial charge in [0.25, 0.3) is 9.84 Å². The predicted octanol–water partition coefficient (Wildman–Crippen LogP) is 6.86. The maximum absolute atomic E-state index is 13.3. The van der Waals surface area contributed by atoms with Gasteiger partial charge in [0.05, 0.1) is 4.90 Å². The minimum atomic E-state index is -5.56. The van der Waals surface area contributed by atoms with Gasteiger partial charge >= 0.3 is 5.51 Å². The average Bonchev–Trinajstić information content (AvgIpc) is 3.38. The second-order valence-corrected chi connectivity index (χ2v) is 12.8. The van der Waals surface area contributed by atoms with E-state index in [-0.39, 0.29) is 17.4 Å². The third-order valence-corrected chi connectivity index (χ3v) is 9.27. The van der Waals surface area contributed by atoms with Crippen molar-refractivity contribution in [3.8, 4) is 17.2 Å². The maximum atomic E-state index is 13.3. The van der Waals surface area contributed by atoms with Crippen LogP contribution < -0.4 is 9.47 Å². The first kappa shape index (κ1) is 29.0. The molecule has 2 aliphatic heterocycles. The molecule has 1 N–H and O–H groups in total. The van der Waals surface area contributed by atoms with E-state index in [2.05, 4.69) is 18.7 Å². The van der Waals surface area contributed by atoms with Crippen LogP contribution in [0.1, 0.15) is 50.0 Å². The maximum Gasteiger partial charge on any atom is 0.501 e. The highest BCUT2D eigenvalue weighted by Crippen LogP contribution is 2.48. The summed E-state index contributed by atoms with van der Waals surface area (Å²) in [6.07, 6.45) is 0.429. The van der Waals surface area contributed by atoms with Crippen molar-refractivity contribution in [1.82, 2.24) is 4.90 Å². The van der Waals surface area contributed by atoms with Gasteiger partial charge in [0.2, 0.25) is 0 Å². The number of sulfone groups is 1. The fraction of sp³-hybridized carbons (Fsp3) is 0.355. The number of benzene rings is 3. The van der Waals surface area contributed by atoms with Crippen LogP contribution in [0.15, 0.2) is 71.6 Å². The number of phenols is 1. The van der Waals surface area contributed by atoms with Crippen LogP contribution >= 0.6 is 0 Å². The van der Waals surface area contributed by atoms with Gasteiger partial charge in [-0.3, -0.25) is 4.90 Å². The summed E-state index contributed by atoms with van der Waals surface area (Å²) in [5.74, 6) is 1.84. The Morgan fingerprint density at radius 3 is 2.49 bits per heavy atom. The number of nitrogens with zero attached hydrogens (tertiary/aromatic N) is 1. The fourth-order valence-corrected chi connectivity index (χ4v) is 6.25. The van der Waals surface area contributed by atoms with Crippen molar-refractivity contribution >= 4 is 21.0 Å². The van der Waals surface area contributed by atoms with Crippen LogP contribution in [0, 0.1) is 5.92 Å². The van der Waals surface area contributed by atoms with Crippen LogP contribution in [0.3, 0.4) is 0 Å². The van der Waals surface area contributed by atoms with E-state index in [0.717, 1.165) is 25.2 Å². The Labute approximate surface area is 237 Å². The van der Waals surface area contributed by atoms with Gasteiger partial charge in [-0.2, -0.15) is 13.2 Å². The molecule has 218 valence electrons. The van der Waals surface area contributed by atoms with Crippen LogP contribution in [-0.4, -0.2) is 49.7 Å². The third-order valence-electron chi connectivity index (χ3n) is 7.79. The average molecular weight is 588 g/mol. The number of phenolic OH excluding ortho intramolecular Hbond substituents is 1. The number of allylic oxidation sites excluding steroid dienone is 1. The van der Waals surface area contributed by atoms with Crippen molar-refractivity contribution in [2.75, 3.05) is 19.7 Å². The molecule has 3 aromatic rings. The smallest absolute Gasteiger partial charge is 0.501 e. The Morgan fingerprint density at radius 1 is 1.10 bits per heavy atom. The largest absolute Gasteiger partial charge is 0.508 e. The Hall–Kier alpha value is -3.50. The van der Waals surface area contributed by atoms with E-state index >= 15 is 0 Å². The molecule has 1 saturated heterocycles. The SMILES string of the molecule is CC1=C(c2cccc(S(=O)(=O)C(F)(F)F)c2)C(c2ccc(OCC(C)N3CCC(C)C3)cc2)Oc2ccc(O)cc21. The van der Waals surface area contributed by atoms with Crippen molar-refractivity contribution in [2.45, 2.75) is 49.7 Å². The molecule has 0 aromatic heterocycles. The number of halogens is 3. The number of hydrogen-bond donors (Lipinski definition) is 1. The number of alkyl halides is 3. The zero-order chi connectivity index (χ0) is 29.5. The number of hydrogen-bond acceptors (Lipinski definition) is 6. The molecular weight excluding hydrogens is 555 g/mol. The first-order valence-corrected chi connectivity index (χ1v) is 14.9. The molecular formula is C31H32F3NO5S. The highest BCUT2D eigenvalue weighted by molar-refractivity contribution is 7.92. The van der Waals surface area contributed by atoms with Crippen LogP contribution in [0.2, 0.25) is 0 Å². The Morgan fingerprint density at radius 2 is 1.83 bits per heavy atom. The summed E-state index contributed by atoms with van der Waals surface area (Å²) in [6, 6.07) is 17.0.